The molecule has 1 heterocycles. The van der Waals surface area contributed by atoms with Gasteiger partial charge >= 0.3 is 5.97 Å². The summed E-state index contributed by atoms with van der Waals surface area (Å²) in [4.78, 5) is 24.5. The van der Waals surface area contributed by atoms with Gasteiger partial charge in [0.1, 0.15) is 6.04 Å². The second-order valence-corrected chi connectivity index (χ2v) is 5.29. The minimum Gasteiger partial charge on any atom is -0.480 e. The average Bonchev–Trinajstić information content (AvgIpc) is 2.89. The van der Waals surface area contributed by atoms with Gasteiger partial charge in [-0.25, -0.2) is 4.79 Å². The van der Waals surface area contributed by atoms with Gasteiger partial charge in [0.25, 0.3) is 0 Å². The zero-order chi connectivity index (χ0) is 15.4. The number of ether oxygens (including phenoxy) is 1. The topological polar surface area (TPSA) is 92.9 Å². The zero-order valence-corrected chi connectivity index (χ0v) is 13.2. The van der Waals surface area contributed by atoms with Gasteiger partial charge in [-0.3, -0.25) is 4.79 Å². The van der Waals surface area contributed by atoms with E-state index in [0.29, 0.717) is 13.0 Å². The molecule has 3 atom stereocenters. The third kappa shape index (κ3) is 4.43. The number of likely N-dealkylation sites (tertiary alicyclic amines) is 1. The Hall–Kier alpha value is -1.63. The molecule has 0 saturated carbocycles. The van der Waals surface area contributed by atoms with Crippen molar-refractivity contribution >= 4 is 24.3 Å². The first-order valence-electron chi connectivity index (χ1n) is 6.93. The standard InChI is InChI=1S/C15H20N2O4.ClH/c1-10(16)14(18)17-8-12(7-13(17)15(19)20)21-9-11-5-3-2-4-6-11;/h2-6,10,12-13H,7-9,16H2,1H3,(H,19,20);1H/t10?,12-,13-;/m0./s1. The Balaban J connectivity index is 0.00000242. The summed E-state index contributed by atoms with van der Waals surface area (Å²) < 4.78 is 5.73. The summed E-state index contributed by atoms with van der Waals surface area (Å²) in [7, 11) is 0. The van der Waals surface area contributed by atoms with Gasteiger partial charge in [-0.2, -0.15) is 0 Å². The fourth-order valence-electron chi connectivity index (χ4n) is 2.45. The number of halogens is 1. The maximum Gasteiger partial charge on any atom is 0.326 e. The van der Waals surface area contributed by atoms with Crippen molar-refractivity contribution in [3.8, 4) is 0 Å². The number of hydrogen-bond acceptors (Lipinski definition) is 4. The summed E-state index contributed by atoms with van der Waals surface area (Å²) in [5, 5.41) is 9.23. The lowest BCUT2D eigenvalue weighted by Gasteiger charge is -2.23. The Labute approximate surface area is 135 Å². The summed E-state index contributed by atoms with van der Waals surface area (Å²) in [6, 6.07) is 8.06. The van der Waals surface area contributed by atoms with E-state index in [9.17, 15) is 14.7 Å². The number of benzene rings is 1. The van der Waals surface area contributed by atoms with Crippen LogP contribution in [0.3, 0.4) is 0 Å². The molecular weight excluding hydrogens is 308 g/mol. The number of nitrogens with zero attached hydrogens (tertiary/aromatic N) is 1. The van der Waals surface area contributed by atoms with Gasteiger partial charge in [0.05, 0.1) is 18.8 Å². The van der Waals surface area contributed by atoms with E-state index in [0.717, 1.165) is 5.56 Å². The Bertz CT molecular complexity index is 510. The van der Waals surface area contributed by atoms with Crippen LogP contribution in [0.15, 0.2) is 30.3 Å². The van der Waals surface area contributed by atoms with E-state index in [1.165, 1.54) is 4.90 Å². The van der Waals surface area contributed by atoms with Gasteiger partial charge in [0.2, 0.25) is 5.91 Å². The Morgan fingerprint density at radius 2 is 2.05 bits per heavy atom. The maximum atomic E-state index is 12.0. The zero-order valence-electron chi connectivity index (χ0n) is 12.3. The van der Waals surface area contributed by atoms with Crippen molar-refractivity contribution in [3.05, 3.63) is 35.9 Å². The van der Waals surface area contributed by atoms with Crippen LogP contribution in [-0.4, -0.2) is 46.6 Å². The normalized spacial score (nSPS) is 22.0. The smallest absolute Gasteiger partial charge is 0.326 e. The van der Waals surface area contributed by atoms with Crippen LogP contribution >= 0.6 is 12.4 Å². The Morgan fingerprint density at radius 1 is 1.41 bits per heavy atom. The van der Waals surface area contributed by atoms with Gasteiger partial charge in [-0.05, 0) is 12.5 Å². The van der Waals surface area contributed by atoms with E-state index in [1.807, 2.05) is 30.3 Å². The molecule has 0 aromatic heterocycles. The highest BCUT2D eigenvalue weighted by Crippen LogP contribution is 2.22. The molecule has 1 unspecified atom stereocenters. The molecule has 0 aliphatic carbocycles. The lowest BCUT2D eigenvalue weighted by molar-refractivity contribution is -0.148. The minimum atomic E-state index is -1.02. The number of carboxylic acids is 1. The van der Waals surface area contributed by atoms with Gasteiger partial charge in [0, 0.05) is 13.0 Å². The average molecular weight is 329 g/mol. The van der Waals surface area contributed by atoms with Crippen molar-refractivity contribution in [2.24, 2.45) is 5.73 Å². The molecule has 1 aromatic rings. The number of carbonyl (C=O) groups is 2. The number of aliphatic carboxylic acids is 1. The van der Waals surface area contributed by atoms with E-state index in [4.69, 9.17) is 10.5 Å². The molecule has 2 rings (SSSR count). The molecule has 1 aliphatic rings. The Kier molecular flexibility index (Phi) is 6.80. The van der Waals surface area contributed by atoms with E-state index in [1.54, 1.807) is 6.92 Å². The molecular formula is C15H21ClN2O4. The van der Waals surface area contributed by atoms with Gasteiger partial charge in [-0.15, -0.1) is 12.4 Å². The summed E-state index contributed by atoms with van der Waals surface area (Å²) in [5.74, 6) is -1.37. The maximum absolute atomic E-state index is 12.0. The van der Waals surface area contributed by atoms with E-state index in [-0.39, 0.29) is 31.0 Å². The second kappa shape index (κ2) is 8.12. The fourth-order valence-corrected chi connectivity index (χ4v) is 2.45. The van der Waals surface area contributed by atoms with Crippen LogP contribution in [0.5, 0.6) is 0 Å². The second-order valence-electron chi connectivity index (χ2n) is 5.29. The van der Waals surface area contributed by atoms with Gasteiger partial charge in [0.15, 0.2) is 0 Å². The van der Waals surface area contributed by atoms with Crippen LogP contribution in [0.2, 0.25) is 0 Å². The quantitative estimate of drug-likeness (QED) is 0.842. The first kappa shape index (κ1) is 18.4. The summed E-state index contributed by atoms with van der Waals surface area (Å²) >= 11 is 0. The van der Waals surface area contributed by atoms with E-state index < -0.39 is 18.1 Å². The van der Waals surface area contributed by atoms with Crippen LogP contribution in [0.4, 0.5) is 0 Å². The molecule has 22 heavy (non-hydrogen) atoms. The van der Waals surface area contributed by atoms with Crippen LogP contribution in [-0.2, 0) is 20.9 Å². The molecule has 1 aromatic carbocycles. The van der Waals surface area contributed by atoms with Crippen molar-refractivity contribution in [1.82, 2.24) is 4.90 Å². The largest absolute Gasteiger partial charge is 0.480 e. The number of carboxylic acid groups (broad SMARTS) is 1. The molecule has 1 amide bonds. The highest BCUT2D eigenvalue weighted by Gasteiger charge is 2.40. The fraction of sp³-hybridized carbons (Fsp3) is 0.467. The van der Waals surface area contributed by atoms with Gasteiger partial charge < -0.3 is 20.5 Å². The highest BCUT2D eigenvalue weighted by molar-refractivity contribution is 5.87. The number of nitrogens with two attached hydrogens (primary N) is 1. The van der Waals surface area contributed by atoms with Crippen molar-refractivity contribution < 1.29 is 19.4 Å². The van der Waals surface area contributed by atoms with Crippen molar-refractivity contribution in [1.29, 1.82) is 0 Å². The molecule has 0 bridgehead atoms. The molecule has 0 radical (unpaired) electrons. The number of hydrogen-bond donors (Lipinski definition) is 2. The van der Waals surface area contributed by atoms with Crippen LogP contribution in [0, 0.1) is 0 Å². The third-order valence-electron chi connectivity index (χ3n) is 3.55. The molecule has 3 N–H and O–H groups in total. The van der Waals surface area contributed by atoms with Gasteiger partial charge in [-0.1, -0.05) is 30.3 Å². The van der Waals surface area contributed by atoms with Crippen LogP contribution in [0.25, 0.3) is 0 Å². The lowest BCUT2D eigenvalue weighted by Crippen LogP contribution is -2.47. The predicted octanol–water partition coefficient (Wildman–Crippen LogP) is 1.03. The number of rotatable bonds is 5. The van der Waals surface area contributed by atoms with Crippen LogP contribution in [0.1, 0.15) is 18.9 Å². The predicted molar refractivity (Wildman–Crippen MR) is 83.7 cm³/mol. The Morgan fingerprint density at radius 3 is 2.59 bits per heavy atom. The molecule has 7 heteroatoms. The summed E-state index contributed by atoms with van der Waals surface area (Å²) in [6.45, 7) is 2.22. The minimum absolute atomic E-state index is 0. The summed E-state index contributed by atoms with van der Waals surface area (Å²) in [5.41, 5.74) is 6.58. The highest BCUT2D eigenvalue weighted by atomic mass is 35.5. The third-order valence-corrected chi connectivity index (χ3v) is 3.55. The lowest BCUT2D eigenvalue weighted by atomic mass is 10.2. The van der Waals surface area contributed by atoms with Crippen molar-refractivity contribution in [2.45, 2.75) is 38.1 Å². The molecule has 6 nitrogen and oxygen atoms in total. The van der Waals surface area contributed by atoms with Crippen LogP contribution < -0.4 is 5.73 Å². The first-order chi connectivity index (χ1) is 9.99. The number of carbonyl (C=O) groups excluding carboxylic acids is 1. The molecule has 1 fully saturated rings. The van der Waals surface area contributed by atoms with Crippen molar-refractivity contribution in [2.75, 3.05) is 6.54 Å². The molecule has 122 valence electrons. The molecule has 0 spiro atoms. The van der Waals surface area contributed by atoms with Crippen molar-refractivity contribution in [3.63, 3.8) is 0 Å². The number of amides is 1. The molecule has 1 saturated heterocycles. The molecule has 1 aliphatic heterocycles. The van der Waals surface area contributed by atoms with E-state index in [2.05, 4.69) is 0 Å². The summed E-state index contributed by atoms with van der Waals surface area (Å²) in [6.07, 6.45) is 0.00896. The monoisotopic (exact) mass is 328 g/mol. The first-order valence-corrected chi connectivity index (χ1v) is 6.93. The SMILES string of the molecule is CC(N)C(=O)N1C[C@@H](OCc2ccccc2)C[C@H]1C(=O)O.Cl. The van der Waals surface area contributed by atoms with E-state index >= 15 is 0 Å².